The number of rotatable bonds is 5. The predicted molar refractivity (Wildman–Crippen MR) is 137 cm³/mol. The molecule has 12 heteroatoms. The number of morpholine rings is 1. The summed E-state index contributed by atoms with van der Waals surface area (Å²) in [6.45, 7) is 3.06. The van der Waals surface area contributed by atoms with E-state index in [4.69, 9.17) is 15.2 Å². The van der Waals surface area contributed by atoms with Crippen LogP contribution in [0.2, 0.25) is 0 Å². The van der Waals surface area contributed by atoms with Crippen LogP contribution in [0.3, 0.4) is 0 Å². The summed E-state index contributed by atoms with van der Waals surface area (Å²) in [5.41, 5.74) is 2.87. The van der Waals surface area contributed by atoms with Gasteiger partial charge >= 0.3 is 0 Å². The molecule has 1 heterocycles. The van der Waals surface area contributed by atoms with E-state index in [0.717, 1.165) is 0 Å². The van der Waals surface area contributed by atoms with E-state index in [1.807, 2.05) is 0 Å². The molecule has 0 spiro atoms. The lowest BCUT2D eigenvalue weighted by atomic mass is 9.57. The van der Waals surface area contributed by atoms with Gasteiger partial charge in [0.1, 0.15) is 28.6 Å². The summed E-state index contributed by atoms with van der Waals surface area (Å²) in [6.07, 6.45) is 0.186. The van der Waals surface area contributed by atoms with Gasteiger partial charge < -0.3 is 35.6 Å². The Bertz CT molecular complexity index is 1330. The zero-order valence-corrected chi connectivity index (χ0v) is 22.1. The van der Waals surface area contributed by atoms with Gasteiger partial charge in [-0.2, -0.15) is 0 Å². The molecule has 1 saturated heterocycles. The highest BCUT2D eigenvalue weighted by atomic mass is 16.5. The maximum Gasteiger partial charge on any atom is 0.255 e. The van der Waals surface area contributed by atoms with Crippen molar-refractivity contribution in [2.45, 2.75) is 31.0 Å². The molecule has 3 aliphatic carbocycles. The number of hydrogen-bond donors (Lipinski definition) is 5. The highest BCUT2D eigenvalue weighted by molar-refractivity contribution is 6.24. The molecule has 210 valence electrons. The van der Waals surface area contributed by atoms with E-state index in [2.05, 4.69) is 4.90 Å². The number of aliphatic hydroxyl groups excluding tert-OH is 2. The van der Waals surface area contributed by atoms with Crippen molar-refractivity contribution in [3.8, 4) is 11.5 Å². The fourth-order valence-electron chi connectivity index (χ4n) is 6.73. The van der Waals surface area contributed by atoms with Crippen LogP contribution in [-0.2, 0) is 32.1 Å². The smallest absolute Gasteiger partial charge is 0.255 e. The van der Waals surface area contributed by atoms with Crippen LogP contribution in [-0.4, -0.2) is 107 Å². The van der Waals surface area contributed by atoms with Crippen LogP contribution >= 0.6 is 0 Å². The number of phenolic OH excluding ortho intramolecular Hbond substituents is 1. The molecule has 0 bridgehead atoms. The van der Waals surface area contributed by atoms with E-state index in [0.29, 0.717) is 49.7 Å². The van der Waals surface area contributed by atoms with Gasteiger partial charge in [0.05, 0.1) is 31.9 Å². The number of likely N-dealkylation sites (N-methyl/N-ethyl adjacent to an activating group) is 1. The SMILES string of the molecule is COc1c(CN2CCOCC2)cc(O)c2c1C[C@H]1C[C@H]3[C@H](N(C)C)C(=O)C(C(N)=O)=C(O)[C@@]3(O)C(=O)C1=C2O. The van der Waals surface area contributed by atoms with Crippen molar-refractivity contribution in [2.24, 2.45) is 17.6 Å². The van der Waals surface area contributed by atoms with E-state index in [-0.39, 0.29) is 29.7 Å². The summed E-state index contributed by atoms with van der Waals surface area (Å²) in [6, 6.07) is 0.351. The zero-order chi connectivity index (χ0) is 28.4. The normalized spacial score (nSPS) is 29.3. The fourth-order valence-corrected chi connectivity index (χ4v) is 6.73. The van der Waals surface area contributed by atoms with Gasteiger partial charge in [0.25, 0.3) is 5.91 Å². The summed E-state index contributed by atoms with van der Waals surface area (Å²) >= 11 is 0. The molecule has 1 saturated carbocycles. The molecule has 1 aromatic rings. The number of hydrogen-bond acceptors (Lipinski definition) is 11. The van der Waals surface area contributed by atoms with E-state index in [1.54, 1.807) is 14.1 Å². The van der Waals surface area contributed by atoms with E-state index in [1.165, 1.54) is 18.1 Å². The monoisotopic (exact) mass is 543 g/mol. The molecule has 2 fully saturated rings. The molecule has 0 aromatic heterocycles. The lowest BCUT2D eigenvalue weighted by Crippen LogP contribution is -2.65. The Balaban J connectivity index is 1.66. The van der Waals surface area contributed by atoms with Crippen LogP contribution in [0.1, 0.15) is 23.1 Å². The molecular weight excluding hydrogens is 510 g/mol. The van der Waals surface area contributed by atoms with E-state index in [9.17, 15) is 34.8 Å². The number of methoxy groups -OCH3 is 1. The number of carbonyl (C=O) groups is 3. The van der Waals surface area contributed by atoms with E-state index < -0.39 is 58.0 Å². The Morgan fingerprint density at radius 2 is 1.90 bits per heavy atom. The molecule has 4 atom stereocenters. The molecule has 12 nitrogen and oxygen atoms in total. The van der Waals surface area contributed by atoms with Crippen LogP contribution in [0, 0.1) is 11.8 Å². The summed E-state index contributed by atoms with van der Waals surface area (Å²) in [5, 5.41) is 45.0. The van der Waals surface area contributed by atoms with Crippen molar-refractivity contribution >= 4 is 23.2 Å². The summed E-state index contributed by atoms with van der Waals surface area (Å²) in [4.78, 5) is 42.8. The van der Waals surface area contributed by atoms with Crippen LogP contribution in [0.15, 0.2) is 23.0 Å². The fraction of sp³-hybridized carbons (Fsp3) is 0.519. The van der Waals surface area contributed by atoms with Gasteiger partial charge in [0.15, 0.2) is 11.4 Å². The van der Waals surface area contributed by atoms with Gasteiger partial charge in [-0.25, -0.2) is 0 Å². The van der Waals surface area contributed by atoms with Crippen LogP contribution in [0.25, 0.3) is 5.76 Å². The molecular formula is C27H33N3O9. The number of fused-ring (bicyclic) bond motifs is 3. The van der Waals surface area contributed by atoms with Crippen molar-refractivity contribution in [1.82, 2.24) is 9.80 Å². The molecule has 0 radical (unpaired) electrons. The molecule has 0 unspecified atom stereocenters. The Morgan fingerprint density at radius 3 is 2.49 bits per heavy atom. The van der Waals surface area contributed by atoms with Gasteiger partial charge in [-0.05, 0) is 38.9 Å². The zero-order valence-electron chi connectivity index (χ0n) is 22.1. The van der Waals surface area contributed by atoms with Gasteiger partial charge in [-0.1, -0.05) is 0 Å². The van der Waals surface area contributed by atoms with Crippen molar-refractivity contribution < 1.29 is 44.3 Å². The maximum absolute atomic E-state index is 13.9. The molecule has 6 N–H and O–H groups in total. The number of carbonyl (C=O) groups excluding carboxylic acids is 3. The van der Waals surface area contributed by atoms with Gasteiger partial charge in [0, 0.05) is 42.3 Å². The number of Topliss-reactive ketones (excluding diaryl/α,β-unsaturated/α-hetero) is 2. The van der Waals surface area contributed by atoms with Crippen molar-refractivity contribution in [3.05, 3.63) is 39.7 Å². The minimum atomic E-state index is -2.67. The van der Waals surface area contributed by atoms with Crippen LogP contribution in [0.5, 0.6) is 11.5 Å². The third kappa shape index (κ3) is 3.93. The van der Waals surface area contributed by atoms with Crippen molar-refractivity contribution in [1.29, 1.82) is 0 Å². The Kier molecular flexibility index (Phi) is 6.70. The summed E-state index contributed by atoms with van der Waals surface area (Å²) in [5.74, 6) is -6.35. The van der Waals surface area contributed by atoms with Gasteiger partial charge in [0.2, 0.25) is 5.78 Å². The maximum atomic E-state index is 13.9. The third-order valence-electron chi connectivity index (χ3n) is 8.45. The number of primary amides is 1. The topological polar surface area (TPSA) is 183 Å². The molecule has 39 heavy (non-hydrogen) atoms. The summed E-state index contributed by atoms with van der Waals surface area (Å²) < 4.78 is 11.2. The number of benzene rings is 1. The standard InChI is InChI=1S/C27H33N3O9/c1-29(2)20-15-9-12-8-14-18(16(31)10-13(23(14)38-3)11-30-4-6-39-7-5-30)21(32)17(12)24(34)27(15,37)25(35)19(22(20)33)26(28)36/h10,12,15,20,31-32,35,37H,4-9,11H2,1-3H3,(H2,28,36)/t12-,15-,20-,27-/m0/s1. The third-order valence-corrected chi connectivity index (χ3v) is 8.45. The largest absolute Gasteiger partial charge is 0.508 e. The first kappa shape index (κ1) is 27.1. The van der Waals surface area contributed by atoms with Gasteiger partial charge in [-0.15, -0.1) is 0 Å². The summed E-state index contributed by atoms with van der Waals surface area (Å²) in [7, 11) is 4.62. The Hall–Kier alpha value is -3.45. The number of ether oxygens (including phenoxy) is 2. The van der Waals surface area contributed by atoms with Gasteiger partial charge in [-0.3, -0.25) is 24.2 Å². The average molecular weight is 544 g/mol. The van der Waals surface area contributed by atoms with E-state index >= 15 is 0 Å². The lowest BCUT2D eigenvalue weighted by Gasteiger charge is -2.50. The minimum Gasteiger partial charge on any atom is -0.508 e. The molecule has 1 aliphatic heterocycles. The second kappa shape index (κ2) is 9.63. The first-order valence-electron chi connectivity index (χ1n) is 12.8. The van der Waals surface area contributed by atoms with Crippen molar-refractivity contribution in [2.75, 3.05) is 47.5 Å². The highest BCUT2D eigenvalue weighted by Crippen LogP contribution is 2.54. The number of aromatic hydroxyl groups is 1. The average Bonchev–Trinajstić information content (AvgIpc) is 2.86. The number of phenols is 1. The molecule has 1 amide bonds. The quantitative estimate of drug-likeness (QED) is 0.310. The van der Waals surface area contributed by atoms with Crippen molar-refractivity contribution in [3.63, 3.8) is 0 Å². The Morgan fingerprint density at radius 1 is 1.23 bits per heavy atom. The first-order valence-corrected chi connectivity index (χ1v) is 12.8. The second-order valence-corrected chi connectivity index (χ2v) is 10.8. The molecule has 5 rings (SSSR count). The number of nitrogens with zero attached hydrogens (tertiary/aromatic N) is 2. The van der Waals surface area contributed by atoms with Crippen LogP contribution in [0.4, 0.5) is 0 Å². The highest BCUT2D eigenvalue weighted by Gasteiger charge is 2.64. The minimum absolute atomic E-state index is 0.00821. The van der Waals surface area contributed by atoms with Crippen LogP contribution < -0.4 is 10.5 Å². The number of amides is 1. The molecule has 4 aliphatic rings. The molecule has 1 aromatic carbocycles. The number of aliphatic hydroxyl groups is 3. The predicted octanol–water partition coefficient (Wildman–Crippen LogP) is -0.195. The first-order chi connectivity index (χ1) is 18.4. The second-order valence-electron chi connectivity index (χ2n) is 10.8. The number of nitrogens with two attached hydrogens (primary N) is 1. The lowest BCUT2D eigenvalue weighted by molar-refractivity contribution is -0.153. The Labute approximate surface area is 224 Å². The number of ketones is 2.